The summed E-state index contributed by atoms with van der Waals surface area (Å²) >= 11 is 0. The highest BCUT2D eigenvalue weighted by molar-refractivity contribution is 6.16. The van der Waals surface area contributed by atoms with Gasteiger partial charge in [-0.15, -0.1) is 0 Å². The van der Waals surface area contributed by atoms with Gasteiger partial charge >= 0.3 is 0 Å². The molecule has 0 aromatic heterocycles. The third kappa shape index (κ3) is 4.30. The molecule has 0 aromatic carbocycles. The van der Waals surface area contributed by atoms with E-state index in [1.54, 1.807) is 20.8 Å². The van der Waals surface area contributed by atoms with Crippen LogP contribution in [0.4, 0.5) is 0 Å². The predicted octanol–water partition coefficient (Wildman–Crippen LogP) is 2.82. The molecule has 0 aliphatic carbocycles. The second-order valence-electron chi connectivity index (χ2n) is 5.37. The van der Waals surface area contributed by atoms with E-state index < -0.39 is 11.8 Å². The summed E-state index contributed by atoms with van der Waals surface area (Å²) in [5.74, 6) is -1.57. The number of imide groups is 3. The highest BCUT2D eigenvalue weighted by Gasteiger charge is 2.30. The van der Waals surface area contributed by atoms with Gasteiger partial charge in [0.1, 0.15) is 0 Å². The first-order chi connectivity index (χ1) is 8.95. The number of allylic oxidation sites excluding steroid dienone is 1. The summed E-state index contributed by atoms with van der Waals surface area (Å²) < 4.78 is 0. The maximum atomic E-state index is 12.2. The molecule has 1 heterocycles. The fraction of sp³-hybridized carbons (Fsp3) is 0.667. The summed E-state index contributed by atoms with van der Waals surface area (Å²) in [6.45, 7) is 5.08. The van der Waals surface area contributed by atoms with Gasteiger partial charge < -0.3 is 0 Å². The largest absolute Gasteiger partial charge is 0.274 e. The smallest absolute Gasteiger partial charge is 0.262 e. The number of hydrogen-bond acceptors (Lipinski definition) is 3. The van der Waals surface area contributed by atoms with Crippen LogP contribution in [0.1, 0.15) is 59.3 Å². The molecule has 0 fully saturated rings. The van der Waals surface area contributed by atoms with Crippen LogP contribution in [0, 0.1) is 5.92 Å². The molecule has 1 aliphatic rings. The van der Waals surface area contributed by atoms with Crippen LogP contribution in [-0.4, -0.2) is 22.6 Å². The van der Waals surface area contributed by atoms with E-state index in [9.17, 15) is 14.4 Å². The van der Waals surface area contributed by atoms with E-state index in [1.807, 2.05) is 6.08 Å². The Morgan fingerprint density at radius 1 is 1.16 bits per heavy atom. The highest BCUT2D eigenvalue weighted by Crippen LogP contribution is 2.15. The van der Waals surface area contributed by atoms with Gasteiger partial charge in [-0.1, -0.05) is 32.8 Å². The Labute approximate surface area is 114 Å². The predicted molar refractivity (Wildman–Crippen MR) is 73.2 cm³/mol. The molecule has 106 valence electrons. The molecule has 19 heavy (non-hydrogen) atoms. The summed E-state index contributed by atoms with van der Waals surface area (Å²) in [5, 5.41) is 0. The minimum atomic E-state index is -0.453. The van der Waals surface area contributed by atoms with E-state index in [2.05, 4.69) is 0 Å². The normalized spacial score (nSPS) is 19.2. The van der Waals surface area contributed by atoms with Crippen LogP contribution in [0.25, 0.3) is 0 Å². The van der Waals surface area contributed by atoms with Crippen molar-refractivity contribution < 1.29 is 14.4 Å². The Morgan fingerprint density at radius 2 is 1.79 bits per heavy atom. The summed E-state index contributed by atoms with van der Waals surface area (Å²) in [6.07, 6.45) is 6.73. The van der Waals surface area contributed by atoms with Gasteiger partial charge in [0.15, 0.2) is 0 Å². The summed E-state index contributed by atoms with van der Waals surface area (Å²) in [4.78, 5) is 37.3. The highest BCUT2D eigenvalue weighted by atomic mass is 16.2. The number of hydrogen-bond donors (Lipinski definition) is 0. The Hall–Kier alpha value is -1.45. The molecule has 0 bridgehead atoms. The van der Waals surface area contributed by atoms with Gasteiger partial charge in [0.05, 0.1) is 0 Å². The standard InChI is InChI=1S/C15H23NO3/c1-11(2)14(18)16-13(17)10-8-6-4-5-7-9-12(3)15(16)19/h9,11H,4-8,10H2,1-3H3. The first kappa shape index (κ1) is 15.6. The molecule has 4 nitrogen and oxygen atoms in total. The molecule has 0 N–H and O–H groups in total. The molecule has 1 aliphatic heterocycles. The summed E-state index contributed by atoms with van der Waals surface area (Å²) in [7, 11) is 0. The lowest BCUT2D eigenvalue weighted by molar-refractivity contribution is -0.154. The fourth-order valence-electron chi connectivity index (χ4n) is 2.06. The molecule has 1 rings (SSSR count). The van der Waals surface area contributed by atoms with Gasteiger partial charge in [-0.05, 0) is 26.2 Å². The molecule has 4 heteroatoms. The van der Waals surface area contributed by atoms with E-state index in [0.717, 1.165) is 37.0 Å². The molecule has 0 saturated heterocycles. The third-order valence-corrected chi connectivity index (χ3v) is 3.30. The Morgan fingerprint density at radius 3 is 2.42 bits per heavy atom. The molecule has 0 spiro atoms. The van der Waals surface area contributed by atoms with E-state index in [-0.39, 0.29) is 18.2 Å². The van der Waals surface area contributed by atoms with Crippen LogP contribution < -0.4 is 0 Å². The number of carbonyl (C=O) groups excluding carboxylic acids is 3. The van der Waals surface area contributed by atoms with Crippen LogP contribution in [0.5, 0.6) is 0 Å². The van der Waals surface area contributed by atoms with Crippen molar-refractivity contribution in [3.8, 4) is 0 Å². The van der Waals surface area contributed by atoms with Crippen molar-refractivity contribution in [3.63, 3.8) is 0 Å². The molecule has 3 amide bonds. The van der Waals surface area contributed by atoms with Crippen molar-refractivity contribution in [2.24, 2.45) is 5.92 Å². The second kappa shape index (κ2) is 7.22. The first-order valence-electron chi connectivity index (χ1n) is 7.03. The number of amides is 3. The van der Waals surface area contributed by atoms with Crippen LogP contribution in [0.15, 0.2) is 11.6 Å². The van der Waals surface area contributed by atoms with Crippen molar-refractivity contribution in [3.05, 3.63) is 11.6 Å². The zero-order chi connectivity index (χ0) is 14.4. The van der Waals surface area contributed by atoms with Crippen LogP contribution in [0.3, 0.4) is 0 Å². The van der Waals surface area contributed by atoms with Gasteiger partial charge in [0.2, 0.25) is 11.8 Å². The molecule has 0 aromatic rings. The molecule has 0 atom stereocenters. The van der Waals surface area contributed by atoms with Crippen LogP contribution in [-0.2, 0) is 14.4 Å². The van der Waals surface area contributed by atoms with Crippen molar-refractivity contribution in [1.82, 2.24) is 4.90 Å². The lowest BCUT2D eigenvalue weighted by Crippen LogP contribution is -2.44. The van der Waals surface area contributed by atoms with Gasteiger partial charge in [0.25, 0.3) is 5.91 Å². The fourth-order valence-corrected chi connectivity index (χ4v) is 2.06. The quantitative estimate of drug-likeness (QED) is 0.685. The van der Waals surface area contributed by atoms with Crippen molar-refractivity contribution >= 4 is 17.7 Å². The minimum Gasteiger partial charge on any atom is -0.274 e. The number of carbonyl (C=O) groups is 3. The minimum absolute atomic E-state index is 0.275. The number of nitrogens with zero attached hydrogens (tertiary/aromatic N) is 1. The Bertz CT molecular complexity index is 396. The van der Waals surface area contributed by atoms with Crippen LogP contribution in [0.2, 0.25) is 0 Å². The van der Waals surface area contributed by atoms with E-state index in [0.29, 0.717) is 5.57 Å². The zero-order valence-electron chi connectivity index (χ0n) is 12.1. The summed E-state index contributed by atoms with van der Waals surface area (Å²) in [6, 6.07) is 0. The maximum absolute atomic E-state index is 12.2. The Kier molecular flexibility index (Phi) is 5.93. The van der Waals surface area contributed by atoms with Crippen molar-refractivity contribution in [2.45, 2.75) is 59.3 Å². The van der Waals surface area contributed by atoms with E-state index in [1.165, 1.54) is 0 Å². The topological polar surface area (TPSA) is 54.5 Å². The van der Waals surface area contributed by atoms with Crippen molar-refractivity contribution in [1.29, 1.82) is 0 Å². The summed E-state index contributed by atoms with van der Waals surface area (Å²) in [5.41, 5.74) is 0.490. The molecule has 0 radical (unpaired) electrons. The van der Waals surface area contributed by atoms with Gasteiger partial charge in [0, 0.05) is 17.9 Å². The number of rotatable bonds is 1. The SMILES string of the molecule is CC1=CCCCCCCC(=O)N(C(=O)C(C)C)C1=O. The lowest BCUT2D eigenvalue weighted by Gasteiger charge is -2.21. The monoisotopic (exact) mass is 265 g/mol. The molecule has 0 unspecified atom stereocenters. The van der Waals surface area contributed by atoms with E-state index in [4.69, 9.17) is 0 Å². The van der Waals surface area contributed by atoms with Gasteiger partial charge in [-0.2, -0.15) is 0 Å². The van der Waals surface area contributed by atoms with Crippen LogP contribution >= 0.6 is 0 Å². The maximum Gasteiger partial charge on any atom is 0.262 e. The van der Waals surface area contributed by atoms with E-state index >= 15 is 0 Å². The zero-order valence-corrected chi connectivity index (χ0v) is 12.1. The van der Waals surface area contributed by atoms with Crippen molar-refractivity contribution in [2.75, 3.05) is 0 Å². The average Bonchev–Trinajstić information content (AvgIpc) is 2.38. The molecular formula is C15H23NO3. The Balaban J connectivity index is 3.02. The lowest BCUT2D eigenvalue weighted by atomic mass is 10.1. The molecule has 0 saturated carbocycles. The first-order valence-corrected chi connectivity index (χ1v) is 7.03. The second-order valence-corrected chi connectivity index (χ2v) is 5.37. The third-order valence-electron chi connectivity index (χ3n) is 3.30. The van der Waals surface area contributed by atoms with Gasteiger partial charge in [-0.3, -0.25) is 14.4 Å². The average molecular weight is 265 g/mol. The molecular weight excluding hydrogens is 242 g/mol. The van der Waals surface area contributed by atoms with Gasteiger partial charge in [-0.25, -0.2) is 4.90 Å².